The summed E-state index contributed by atoms with van der Waals surface area (Å²) in [5.41, 5.74) is 0.553. The molecule has 1 aromatic rings. The lowest BCUT2D eigenvalue weighted by Crippen LogP contribution is -2.46. The highest BCUT2D eigenvalue weighted by Gasteiger charge is 2.28. The number of aliphatic hydroxyl groups is 1. The van der Waals surface area contributed by atoms with E-state index in [0.29, 0.717) is 30.0 Å². The van der Waals surface area contributed by atoms with E-state index in [1.165, 1.54) is 12.5 Å². The smallest absolute Gasteiger partial charge is 0.141 e. The van der Waals surface area contributed by atoms with E-state index in [-0.39, 0.29) is 5.82 Å². The number of halogens is 1. The van der Waals surface area contributed by atoms with Crippen LogP contribution in [0.2, 0.25) is 0 Å². The lowest BCUT2D eigenvalue weighted by molar-refractivity contribution is 0.0590. The van der Waals surface area contributed by atoms with Gasteiger partial charge in [-0.25, -0.2) is 4.39 Å². The number of likely N-dealkylation sites (tertiary alicyclic amines) is 1. The molecule has 2 rings (SSSR count). The molecule has 3 nitrogen and oxygen atoms in total. The SMILES string of the molecule is CC1CC(C)C(C)N(CCC(O)c2ccc(F)cn2)C1. The van der Waals surface area contributed by atoms with Gasteiger partial charge in [0, 0.05) is 19.1 Å². The van der Waals surface area contributed by atoms with Gasteiger partial charge in [0.25, 0.3) is 0 Å². The number of nitrogens with zero attached hydrogens (tertiary/aromatic N) is 2. The van der Waals surface area contributed by atoms with Crippen LogP contribution in [0.25, 0.3) is 0 Å². The van der Waals surface area contributed by atoms with Crippen molar-refractivity contribution in [3.05, 3.63) is 29.8 Å². The summed E-state index contributed by atoms with van der Waals surface area (Å²) in [5, 5.41) is 10.1. The minimum atomic E-state index is -0.615. The third-order valence-electron chi connectivity index (χ3n) is 4.50. The Kier molecular flexibility index (Phi) is 5.11. The van der Waals surface area contributed by atoms with Crippen molar-refractivity contribution in [3.63, 3.8) is 0 Å². The lowest BCUT2D eigenvalue weighted by Gasteiger charge is -2.41. The summed E-state index contributed by atoms with van der Waals surface area (Å²) in [6.45, 7) is 8.79. The van der Waals surface area contributed by atoms with Crippen molar-refractivity contribution in [2.75, 3.05) is 13.1 Å². The first kappa shape index (κ1) is 15.4. The summed E-state index contributed by atoms with van der Waals surface area (Å²) in [4.78, 5) is 6.40. The van der Waals surface area contributed by atoms with E-state index in [4.69, 9.17) is 0 Å². The Morgan fingerprint density at radius 1 is 1.40 bits per heavy atom. The van der Waals surface area contributed by atoms with Crippen LogP contribution in [-0.2, 0) is 0 Å². The topological polar surface area (TPSA) is 36.4 Å². The van der Waals surface area contributed by atoms with Crippen molar-refractivity contribution >= 4 is 0 Å². The van der Waals surface area contributed by atoms with Gasteiger partial charge < -0.3 is 10.0 Å². The van der Waals surface area contributed by atoms with Crippen molar-refractivity contribution in [3.8, 4) is 0 Å². The molecule has 1 N–H and O–H groups in total. The molecule has 1 aliphatic heterocycles. The van der Waals surface area contributed by atoms with Gasteiger partial charge in [0.2, 0.25) is 0 Å². The van der Waals surface area contributed by atoms with Crippen molar-refractivity contribution in [1.82, 2.24) is 9.88 Å². The summed E-state index contributed by atoms with van der Waals surface area (Å²) >= 11 is 0. The lowest BCUT2D eigenvalue weighted by atomic mass is 9.86. The molecule has 0 amide bonds. The Morgan fingerprint density at radius 3 is 2.80 bits per heavy atom. The minimum absolute atomic E-state index is 0.367. The van der Waals surface area contributed by atoms with E-state index in [0.717, 1.165) is 19.3 Å². The maximum atomic E-state index is 12.8. The fourth-order valence-corrected chi connectivity index (χ4v) is 3.15. The molecule has 0 aromatic carbocycles. The zero-order chi connectivity index (χ0) is 14.7. The monoisotopic (exact) mass is 280 g/mol. The second-order valence-electron chi connectivity index (χ2n) is 6.26. The van der Waals surface area contributed by atoms with Gasteiger partial charge >= 0.3 is 0 Å². The molecule has 1 fully saturated rings. The largest absolute Gasteiger partial charge is 0.387 e. The fourth-order valence-electron chi connectivity index (χ4n) is 3.15. The number of piperidine rings is 1. The number of rotatable bonds is 4. The van der Waals surface area contributed by atoms with Gasteiger partial charge in [-0.15, -0.1) is 0 Å². The van der Waals surface area contributed by atoms with Gasteiger partial charge in [0.05, 0.1) is 18.0 Å². The first-order valence-corrected chi connectivity index (χ1v) is 7.51. The first-order valence-electron chi connectivity index (χ1n) is 7.51. The van der Waals surface area contributed by atoms with Crippen LogP contribution in [0.15, 0.2) is 18.3 Å². The van der Waals surface area contributed by atoms with Crippen LogP contribution in [0.4, 0.5) is 4.39 Å². The molecule has 0 bridgehead atoms. The second-order valence-corrected chi connectivity index (χ2v) is 6.26. The highest BCUT2D eigenvalue weighted by Crippen LogP contribution is 2.27. The van der Waals surface area contributed by atoms with E-state index in [2.05, 4.69) is 30.7 Å². The quantitative estimate of drug-likeness (QED) is 0.921. The molecule has 0 radical (unpaired) electrons. The number of pyridine rings is 1. The summed E-state index contributed by atoms with van der Waals surface area (Å²) < 4.78 is 12.8. The highest BCUT2D eigenvalue weighted by atomic mass is 19.1. The van der Waals surface area contributed by atoms with Crippen LogP contribution in [0.5, 0.6) is 0 Å². The van der Waals surface area contributed by atoms with Crippen LogP contribution < -0.4 is 0 Å². The standard InChI is InChI=1S/C16H25FN2O/c1-11-8-12(2)13(3)19(10-11)7-6-16(20)15-5-4-14(17)9-18-15/h4-5,9,11-13,16,20H,6-8,10H2,1-3H3. The molecule has 20 heavy (non-hydrogen) atoms. The van der Waals surface area contributed by atoms with E-state index in [1.54, 1.807) is 6.07 Å². The Labute approximate surface area is 120 Å². The number of aromatic nitrogens is 1. The number of hydrogen-bond donors (Lipinski definition) is 1. The molecule has 112 valence electrons. The zero-order valence-electron chi connectivity index (χ0n) is 12.6. The van der Waals surface area contributed by atoms with Crippen LogP contribution >= 0.6 is 0 Å². The molecular weight excluding hydrogens is 255 g/mol. The highest BCUT2D eigenvalue weighted by molar-refractivity contribution is 5.08. The molecule has 2 heterocycles. The Morgan fingerprint density at radius 2 is 2.15 bits per heavy atom. The Balaban J connectivity index is 1.89. The van der Waals surface area contributed by atoms with Crippen molar-refractivity contribution in [1.29, 1.82) is 0 Å². The van der Waals surface area contributed by atoms with Gasteiger partial charge in [0.15, 0.2) is 0 Å². The Bertz CT molecular complexity index is 423. The van der Waals surface area contributed by atoms with E-state index in [1.807, 2.05) is 0 Å². The van der Waals surface area contributed by atoms with Crippen molar-refractivity contribution in [2.24, 2.45) is 11.8 Å². The average Bonchev–Trinajstić information content (AvgIpc) is 2.41. The molecule has 1 aliphatic rings. The molecular formula is C16H25FN2O. The van der Waals surface area contributed by atoms with Gasteiger partial charge in [-0.1, -0.05) is 13.8 Å². The minimum Gasteiger partial charge on any atom is -0.387 e. The van der Waals surface area contributed by atoms with E-state index in [9.17, 15) is 9.50 Å². The normalized spacial score (nSPS) is 29.4. The fraction of sp³-hybridized carbons (Fsp3) is 0.688. The molecule has 0 spiro atoms. The predicted molar refractivity (Wildman–Crippen MR) is 77.8 cm³/mol. The van der Waals surface area contributed by atoms with Crippen molar-refractivity contribution in [2.45, 2.75) is 45.8 Å². The van der Waals surface area contributed by atoms with Crippen LogP contribution in [0.1, 0.15) is 45.4 Å². The van der Waals surface area contributed by atoms with Gasteiger partial charge in [-0.3, -0.25) is 4.98 Å². The summed E-state index contributed by atoms with van der Waals surface area (Å²) in [7, 11) is 0. The second kappa shape index (κ2) is 6.64. The van der Waals surface area contributed by atoms with E-state index < -0.39 is 6.10 Å². The molecule has 4 heteroatoms. The molecule has 0 saturated carbocycles. The van der Waals surface area contributed by atoms with Crippen molar-refractivity contribution < 1.29 is 9.50 Å². The van der Waals surface area contributed by atoms with Gasteiger partial charge in [-0.05, 0) is 43.7 Å². The van der Waals surface area contributed by atoms with Gasteiger partial charge in [0.1, 0.15) is 5.82 Å². The van der Waals surface area contributed by atoms with Gasteiger partial charge in [-0.2, -0.15) is 0 Å². The molecule has 1 aromatic heterocycles. The molecule has 0 aliphatic carbocycles. The van der Waals surface area contributed by atoms with Crippen LogP contribution in [0.3, 0.4) is 0 Å². The summed E-state index contributed by atoms with van der Waals surface area (Å²) in [6.07, 6.45) is 2.46. The summed E-state index contributed by atoms with van der Waals surface area (Å²) in [5.74, 6) is 1.04. The van der Waals surface area contributed by atoms with Crippen LogP contribution in [0, 0.1) is 17.7 Å². The molecule has 4 unspecified atom stereocenters. The third kappa shape index (κ3) is 3.76. The Hall–Kier alpha value is -1.00. The molecule has 1 saturated heterocycles. The maximum absolute atomic E-state index is 12.8. The van der Waals surface area contributed by atoms with Crippen LogP contribution in [-0.4, -0.2) is 34.1 Å². The number of hydrogen-bond acceptors (Lipinski definition) is 3. The molecule has 4 atom stereocenters. The van der Waals surface area contributed by atoms with E-state index >= 15 is 0 Å². The summed E-state index contributed by atoms with van der Waals surface area (Å²) in [6, 6.07) is 3.46. The predicted octanol–water partition coefficient (Wildman–Crippen LogP) is 3.01. The first-order chi connectivity index (χ1) is 9.47. The third-order valence-corrected chi connectivity index (χ3v) is 4.50. The zero-order valence-corrected chi connectivity index (χ0v) is 12.6. The average molecular weight is 280 g/mol. The number of aliphatic hydroxyl groups excluding tert-OH is 1. The maximum Gasteiger partial charge on any atom is 0.141 e.